The largest absolute Gasteiger partial charge is 0.374 e. The molecule has 1 saturated heterocycles. The Morgan fingerprint density at radius 2 is 1.54 bits per heavy atom. The zero-order valence-electron chi connectivity index (χ0n) is 15.8. The van der Waals surface area contributed by atoms with Crippen LogP contribution < -0.4 is 0 Å². The Balaban J connectivity index is 1.64. The lowest BCUT2D eigenvalue weighted by atomic mass is 10.00. The number of ether oxygens (including phenoxy) is 4. The highest BCUT2D eigenvalue weighted by Crippen LogP contribution is 2.32. The van der Waals surface area contributed by atoms with Crippen LogP contribution in [0, 0.1) is 0 Å². The molecule has 1 aliphatic heterocycles. The summed E-state index contributed by atoms with van der Waals surface area (Å²) < 4.78 is 24.1. The minimum absolute atomic E-state index is 0.183. The molecule has 0 aromatic heterocycles. The minimum atomic E-state index is -0.599. The molecule has 0 aliphatic carbocycles. The molecule has 1 aliphatic rings. The first kappa shape index (κ1) is 19.1. The van der Waals surface area contributed by atoms with Crippen LogP contribution in [-0.2, 0) is 32.2 Å². The molecule has 0 radical (unpaired) electrons. The average molecular weight is 356 g/mol. The van der Waals surface area contributed by atoms with Crippen molar-refractivity contribution in [1.82, 2.24) is 0 Å². The Morgan fingerprint density at radius 1 is 0.962 bits per heavy atom. The van der Waals surface area contributed by atoms with Crippen molar-refractivity contribution < 1.29 is 18.9 Å². The van der Waals surface area contributed by atoms with E-state index in [0.717, 1.165) is 11.1 Å². The molecular weight excluding hydrogens is 328 g/mol. The molecule has 0 spiro atoms. The fourth-order valence-electron chi connectivity index (χ4n) is 2.98. The molecule has 2 aromatic rings. The first-order chi connectivity index (χ1) is 12.5. The summed E-state index contributed by atoms with van der Waals surface area (Å²) in [5, 5.41) is 0. The second-order valence-corrected chi connectivity index (χ2v) is 7.38. The zero-order valence-corrected chi connectivity index (χ0v) is 15.8. The molecule has 4 heteroatoms. The van der Waals surface area contributed by atoms with Gasteiger partial charge in [0.1, 0.15) is 11.7 Å². The minimum Gasteiger partial charge on any atom is -0.374 e. The van der Waals surface area contributed by atoms with Crippen LogP contribution in [0.25, 0.3) is 0 Å². The summed E-state index contributed by atoms with van der Waals surface area (Å²) in [5.41, 5.74) is 1.67. The second kappa shape index (κ2) is 8.31. The lowest BCUT2D eigenvalue weighted by Gasteiger charge is -2.35. The van der Waals surface area contributed by atoms with Gasteiger partial charge in [0.2, 0.25) is 0 Å². The van der Waals surface area contributed by atoms with Crippen LogP contribution in [0.3, 0.4) is 0 Å². The molecule has 140 valence electrons. The van der Waals surface area contributed by atoms with E-state index in [1.54, 1.807) is 0 Å². The topological polar surface area (TPSA) is 36.9 Å². The summed E-state index contributed by atoms with van der Waals surface area (Å²) in [5.74, 6) is -0.596. The van der Waals surface area contributed by atoms with Gasteiger partial charge in [0.25, 0.3) is 0 Å². The summed E-state index contributed by atoms with van der Waals surface area (Å²) >= 11 is 0. The highest BCUT2D eigenvalue weighted by Gasteiger charge is 2.45. The van der Waals surface area contributed by atoms with E-state index in [-0.39, 0.29) is 6.10 Å². The van der Waals surface area contributed by atoms with Gasteiger partial charge in [-0.15, -0.1) is 0 Å². The van der Waals surface area contributed by atoms with Gasteiger partial charge in [-0.2, -0.15) is 0 Å². The number of hydrogen-bond donors (Lipinski definition) is 0. The van der Waals surface area contributed by atoms with E-state index >= 15 is 0 Å². The highest BCUT2D eigenvalue weighted by molar-refractivity contribution is 5.14. The number of rotatable bonds is 8. The lowest BCUT2D eigenvalue weighted by molar-refractivity contribution is -0.197. The van der Waals surface area contributed by atoms with Crippen molar-refractivity contribution in [2.75, 3.05) is 13.2 Å². The van der Waals surface area contributed by atoms with Gasteiger partial charge in [0.05, 0.1) is 26.4 Å². The fourth-order valence-corrected chi connectivity index (χ4v) is 2.98. The van der Waals surface area contributed by atoms with Crippen LogP contribution in [0.1, 0.15) is 31.9 Å². The van der Waals surface area contributed by atoms with Crippen molar-refractivity contribution in [2.24, 2.45) is 0 Å². The maximum absolute atomic E-state index is 6.30. The maximum atomic E-state index is 6.30. The molecule has 1 heterocycles. The van der Waals surface area contributed by atoms with E-state index in [1.807, 2.05) is 57.2 Å². The first-order valence-electron chi connectivity index (χ1n) is 9.08. The van der Waals surface area contributed by atoms with Gasteiger partial charge >= 0.3 is 0 Å². The molecule has 0 bridgehead atoms. The van der Waals surface area contributed by atoms with Crippen LogP contribution in [0.2, 0.25) is 0 Å². The van der Waals surface area contributed by atoms with Crippen molar-refractivity contribution in [3.8, 4) is 0 Å². The molecule has 4 nitrogen and oxygen atoms in total. The normalized spacial score (nSPS) is 21.4. The number of hydrogen-bond acceptors (Lipinski definition) is 4. The van der Waals surface area contributed by atoms with Gasteiger partial charge in [-0.3, -0.25) is 0 Å². The molecule has 1 fully saturated rings. The smallest absolute Gasteiger partial charge is 0.163 e. The summed E-state index contributed by atoms with van der Waals surface area (Å²) in [6.45, 7) is 7.86. The molecule has 26 heavy (non-hydrogen) atoms. The molecule has 0 amide bonds. The monoisotopic (exact) mass is 356 g/mol. The van der Waals surface area contributed by atoms with E-state index in [0.29, 0.717) is 26.4 Å². The Labute approximate surface area is 156 Å². The van der Waals surface area contributed by atoms with Crippen molar-refractivity contribution >= 4 is 0 Å². The Hall–Kier alpha value is -1.72. The predicted molar refractivity (Wildman–Crippen MR) is 101 cm³/mol. The third-order valence-electron chi connectivity index (χ3n) is 4.60. The van der Waals surface area contributed by atoms with Crippen LogP contribution in [-0.4, -0.2) is 30.7 Å². The Kier molecular flexibility index (Phi) is 6.09. The molecule has 3 rings (SSSR count). The van der Waals surface area contributed by atoms with Gasteiger partial charge in [-0.1, -0.05) is 60.7 Å². The van der Waals surface area contributed by atoms with E-state index in [2.05, 4.69) is 24.3 Å². The molecule has 0 saturated carbocycles. The summed E-state index contributed by atoms with van der Waals surface area (Å²) in [6.07, 6.45) is -0.183. The summed E-state index contributed by atoms with van der Waals surface area (Å²) in [4.78, 5) is 0. The molecule has 2 aromatic carbocycles. The molecule has 0 N–H and O–H groups in total. The third kappa shape index (κ3) is 5.15. The van der Waals surface area contributed by atoms with Crippen molar-refractivity contribution in [1.29, 1.82) is 0 Å². The van der Waals surface area contributed by atoms with Crippen LogP contribution in [0.15, 0.2) is 60.7 Å². The molecular formula is C22H28O4. The summed E-state index contributed by atoms with van der Waals surface area (Å²) in [6, 6.07) is 20.3. The third-order valence-corrected chi connectivity index (χ3v) is 4.60. The van der Waals surface area contributed by atoms with E-state index < -0.39 is 11.4 Å². The average Bonchev–Trinajstić information content (AvgIpc) is 3.02. The van der Waals surface area contributed by atoms with Gasteiger partial charge < -0.3 is 18.9 Å². The van der Waals surface area contributed by atoms with Crippen LogP contribution in [0.4, 0.5) is 0 Å². The van der Waals surface area contributed by atoms with E-state index in [4.69, 9.17) is 18.9 Å². The molecule has 0 unspecified atom stereocenters. The number of benzene rings is 2. The van der Waals surface area contributed by atoms with Crippen molar-refractivity contribution in [2.45, 2.75) is 51.5 Å². The van der Waals surface area contributed by atoms with Crippen molar-refractivity contribution in [3.63, 3.8) is 0 Å². The van der Waals surface area contributed by atoms with E-state index in [9.17, 15) is 0 Å². The van der Waals surface area contributed by atoms with E-state index in [1.165, 1.54) is 0 Å². The Morgan fingerprint density at radius 3 is 2.08 bits per heavy atom. The van der Waals surface area contributed by atoms with Gasteiger partial charge in [0.15, 0.2) is 5.79 Å². The second-order valence-electron chi connectivity index (χ2n) is 7.38. The lowest BCUT2D eigenvalue weighted by Crippen LogP contribution is -2.48. The van der Waals surface area contributed by atoms with Gasteiger partial charge in [-0.25, -0.2) is 0 Å². The van der Waals surface area contributed by atoms with Gasteiger partial charge in [0, 0.05) is 0 Å². The summed E-state index contributed by atoms with van der Waals surface area (Å²) in [7, 11) is 0. The maximum Gasteiger partial charge on any atom is 0.163 e. The fraction of sp³-hybridized carbons (Fsp3) is 0.455. The quantitative estimate of drug-likeness (QED) is 0.705. The Bertz CT molecular complexity index is 671. The SMILES string of the molecule is CC1(C)OC[C@@H]([C@@](C)(COCc2ccccc2)OCc2ccccc2)O1. The van der Waals surface area contributed by atoms with Crippen molar-refractivity contribution in [3.05, 3.63) is 71.8 Å². The first-order valence-corrected chi connectivity index (χ1v) is 9.08. The van der Waals surface area contributed by atoms with Gasteiger partial charge in [-0.05, 0) is 31.9 Å². The van der Waals surface area contributed by atoms with Crippen LogP contribution in [0.5, 0.6) is 0 Å². The molecule has 2 atom stereocenters. The standard InChI is InChI=1S/C22H28O4/c1-21(2)24-16-20(26-21)22(3,25-15-19-12-8-5-9-13-19)17-23-14-18-10-6-4-7-11-18/h4-13,20H,14-17H2,1-3H3/t20-,22+/m0/s1. The zero-order chi connectivity index (χ0) is 18.5. The highest BCUT2D eigenvalue weighted by atomic mass is 16.8. The van der Waals surface area contributed by atoms with Crippen LogP contribution >= 0.6 is 0 Å². The predicted octanol–water partition coefficient (Wildman–Crippen LogP) is 4.33.